The van der Waals surface area contributed by atoms with E-state index in [2.05, 4.69) is 4.98 Å². The van der Waals surface area contributed by atoms with Crippen molar-refractivity contribution in [2.75, 3.05) is 0 Å². The molecule has 0 atom stereocenters. The summed E-state index contributed by atoms with van der Waals surface area (Å²) >= 11 is 0. The Morgan fingerprint density at radius 3 is 2.52 bits per heavy atom. The minimum atomic E-state index is -4.13. The molecule has 3 rings (SSSR count). The number of hydrogen-bond donors (Lipinski definition) is 0. The standard InChI is InChI=1S/C19H16F3N/c1-13-4-2-3-5-16(13)18-17-7-6-14(8-10-19(20,21)22)12-15(17)9-11-23-18/h2-7,9,11-12H,8,10H2,1H3. The van der Waals surface area contributed by atoms with Crippen molar-refractivity contribution in [2.24, 2.45) is 0 Å². The molecule has 0 unspecified atom stereocenters. The summed E-state index contributed by atoms with van der Waals surface area (Å²) in [7, 11) is 0. The van der Waals surface area contributed by atoms with Gasteiger partial charge in [-0.2, -0.15) is 13.2 Å². The highest BCUT2D eigenvalue weighted by molar-refractivity contribution is 5.95. The molecule has 4 heteroatoms. The zero-order valence-electron chi connectivity index (χ0n) is 12.7. The van der Waals surface area contributed by atoms with Crippen molar-refractivity contribution >= 4 is 10.8 Å². The Bertz CT molecular complexity index is 837. The highest BCUT2D eigenvalue weighted by atomic mass is 19.4. The van der Waals surface area contributed by atoms with Crippen LogP contribution in [0.3, 0.4) is 0 Å². The monoisotopic (exact) mass is 315 g/mol. The van der Waals surface area contributed by atoms with Gasteiger partial charge in [-0.05, 0) is 35.9 Å². The summed E-state index contributed by atoms with van der Waals surface area (Å²) in [5, 5.41) is 1.87. The highest BCUT2D eigenvalue weighted by Gasteiger charge is 2.26. The summed E-state index contributed by atoms with van der Waals surface area (Å²) in [4.78, 5) is 4.47. The van der Waals surface area contributed by atoms with Crippen molar-refractivity contribution in [1.29, 1.82) is 0 Å². The van der Waals surface area contributed by atoms with Gasteiger partial charge >= 0.3 is 6.18 Å². The van der Waals surface area contributed by atoms with Gasteiger partial charge in [0.05, 0.1) is 5.69 Å². The van der Waals surface area contributed by atoms with Crippen LogP contribution < -0.4 is 0 Å². The predicted molar refractivity (Wildman–Crippen MR) is 86.3 cm³/mol. The number of nitrogens with zero attached hydrogens (tertiary/aromatic N) is 1. The van der Waals surface area contributed by atoms with E-state index >= 15 is 0 Å². The number of benzene rings is 2. The third-order valence-corrected chi connectivity index (χ3v) is 3.93. The fraction of sp³-hybridized carbons (Fsp3) is 0.211. The highest BCUT2D eigenvalue weighted by Crippen LogP contribution is 2.30. The first kappa shape index (κ1) is 15.5. The number of fused-ring (bicyclic) bond motifs is 1. The van der Waals surface area contributed by atoms with E-state index in [1.807, 2.05) is 49.4 Å². The number of rotatable bonds is 3. The van der Waals surface area contributed by atoms with Crippen LogP contribution in [0.4, 0.5) is 13.2 Å². The minimum absolute atomic E-state index is 0.00145. The average Bonchev–Trinajstić information content (AvgIpc) is 2.52. The molecule has 0 aliphatic rings. The lowest BCUT2D eigenvalue weighted by atomic mass is 9.98. The summed E-state index contributed by atoms with van der Waals surface area (Å²) in [6.07, 6.45) is -3.22. The third kappa shape index (κ3) is 3.52. The van der Waals surface area contributed by atoms with Crippen LogP contribution in [0.25, 0.3) is 22.0 Å². The van der Waals surface area contributed by atoms with Crippen LogP contribution in [0.15, 0.2) is 54.7 Å². The van der Waals surface area contributed by atoms with E-state index in [1.165, 1.54) is 0 Å². The van der Waals surface area contributed by atoms with E-state index in [9.17, 15) is 13.2 Å². The molecule has 3 aromatic rings. The van der Waals surface area contributed by atoms with Gasteiger partial charge in [0.1, 0.15) is 0 Å². The van der Waals surface area contributed by atoms with Crippen LogP contribution in [0.5, 0.6) is 0 Å². The smallest absolute Gasteiger partial charge is 0.256 e. The molecule has 0 saturated carbocycles. The van der Waals surface area contributed by atoms with E-state index < -0.39 is 12.6 Å². The van der Waals surface area contributed by atoms with Gasteiger partial charge in [-0.15, -0.1) is 0 Å². The number of aryl methyl sites for hydroxylation is 2. The van der Waals surface area contributed by atoms with Crippen molar-refractivity contribution < 1.29 is 13.2 Å². The van der Waals surface area contributed by atoms with Crippen LogP contribution in [0.2, 0.25) is 0 Å². The van der Waals surface area contributed by atoms with Gasteiger partial charge in [-0.3, -0.25) is 4.98 Å². The number of halogens is 3. The maximum Gasteiger partial charge on any atom is 0.389 e. The van der Waals surface area contributed by atoms with E-state index in [0.717, 1.165) is 27.6 Å². The first-order valence-corrected chi connectivity index (χ1v) is 7.44. The first-order chi connectivity index (χ1) is 10.9. The van der Waals surface area contributed by atoms with E-state index in [4.69, 9.17) is 0 Å². The Balaban J connectivity index is 2.01. The Morgan fingerprint density at radius 1 is 1.00 bits per heavy atom. The summed E-state index contributed by atoms with van der Waals surface area (Å²) in [5.74, 6) is 0. The van der Waals surface area contributed by atoms with Gasteiger partial charge in [-0.1, -0.05) is 42.5 Å². The number of alkyl halides is 3. The lowest BCUT2D eigenvalue weighted by Crippen LogP contribution is -2.08. The largest absolute Gasteiger partial charge is 0.389 e. The number of pyridine rings is 1. The zero-order valence-corrected chi connectivity index (χ0v) is 12.7. The molecule has 1 aromatic heterocycles. The van der Waals surface area contributed by atoms with Crippen LogP contribution in [0.1, 0.15) is 17.5 Å². The van der Waals surface area contributed by atoms with Crippen molar-refractivity contribution in [2.45, 2.75) is 25.9 Å². The van der Waals surface area contributed by atoms with Crippen molar-refractivity contribution in [3.63, 3.8) is 0 Å². The van der Waals surface area contributed by atoms with E-state index in [0.29, 0.717) is 5.56 Å². The molecule has 118 valence electrons. The molecular weight excluding hydrogens is 299 g/mol. The fourth-order valence-corrected chi connectivity index (χ4v) is 2.72. The molecule has 23 heavy (non-hydrogen) atoms. The number of aromatic nitrogens is 1. The van der Waals surface area contributed by atoms with Gasteiger partial charge in [0.15, 0.2) is 0 Å². The fourth-order valence-electron chi connectivity index (χ4n) is 2.72. The summed E-state index contributed by atoms with van der Waals surface area (Å²) in [6.45, 7) is 2.02. The lowest BCUT2D eigenvalue weighted by molar-refractivity contribution is -0.133. The second-order valence-corrected chi connectivity index (χ2v) is 5.65. The zero-order chi connectivity index (χ0) is 16.4. The normalized spacial score (nSPS) is 11.8. The molecular formula is C19H16F3N. The van der Waals surface area contributed by atoms with E-state index in [1.54, 1.807) is 12.3 Å². The van der Waals surface area contributed by atoms with Crippen LogP contribution >= 0.6 is 0 Å². The summed E-state index contributed by atoms with van der Waals surface area (Å²) < 4.78 is 37.1. The van der Waals surface area contributed by atoms with Crippen LogP contribution in [-0.4, -0.2) is 11.2 Å². The first-order valence-electron chi connectivity index (χ1n) is 7.44. The molecule has 0 spiro atoms. The molecule has 0 N–H and O–H groups in total. The lowest BCUT2D eigenvalue weighted by Gasteiger charge is -2.10. The number of hydrogen-bond acceptors (Lipinski definition) is 1. The topological polar surface area (TPSA) is 12.9 Å². The Morgan fingerprint density at radius 2 is 1.78 bits per heavy atom. The molecule has 0 aliphatic heterocycles. The minimum Gasteiger partial charge on any atom is -0.256 e. The molecule has 0 bridgehead atoms. The predicted octanol–water partition coefficient (Wildman–Crippen LogP) is 5.71. The van der Waals surface area contributed by atoms with Gasteiger partial charge in [-0.25, -0.2) is 0 Å². The van der Waals surface area contributed by atoms with E-state index in [-0.39, 0.29) is 6.42 Å². The Labute approximate surface area is 132 Å². The van der Waals surface area contributed by atoms with Gasteiger partial charge in [0.25, 0.3) is 0 Å². The molecule has 0 fully saturated rings. The van der Waals surface area contributed by atoms with Crippen molar-refractivity contribution in [1.82, 2.24) is 4.98 Å². The second-order valence-electron chi connectivity index (χ2n) is 5.65. The molecule has 2 aromatic carbocycles. The molecule has 0 saturated heterocycles. The second kappa shape index (κ2) is 6.03. The van der Waals surface area contributed by atoms with Gasteiger partial charge < -0.3 is 0 Å². The van der Waals surface area contributed by atoms with Crippen LogP contribution in [0, 0.1) is 6.92 Å². The van der Waals surface area contributed by atoms with Crippen molar-refractivity contribution in [3.8, 4) is 11.3 Å². The molecule has 0 radical (unpaired) electrons. The van der Waals surface area contributed by atoms with Crippen LogP contribution in [-0.2, 0) is 6.42 Å². The maximum absolute atomic E-state index is 12.4. The maximum atomic E-state index is 12.4. The summed E-state index contributed by atoms with van der Waals surface area (Å²) in [6, 6.07) is 15.3. The van der Waals surface area contributed by atoms with Gasteiger partial charge in [0.2, 0.25) is 0 Å². The molecule has 1 nitrogen and oxygen atoms in total. The third-order valence-electron chi connectivity index (χ3n) is 3.93. The molecule has 1 heterocycles. The molecule has 0 amide bonds. The average molecular weight is 315 g/mol. The van der Waals surface area contributed by atoms with Crippen molar-refractivity contribution in [3.05, 3.63) is 65.9 Å². The summed E-state index contributed by atoms with van der Waals surface area (Å²) in [5.41, 5.74) is 3.72. The Kier molecular flexibility index (Phi) is 4.07. The quantitative estimate of drug-likeness (QED) is 0.603. The van der Waals surface area contributed by atoms with Gasteiger partial charge in [0, 0.05) is 23.6 Å². The molecule has 0 aliphatic carbocycles. The Hall–Kier alpha value is -2.36. The SMILES string of the molecule is Cc1ccccc1-c1nccc2cc(CCC(F)(F)F)ccc12.